The highest BCUT2D eigenvalue weighted by molar-refractivity contribution is 6.31. The molecule has 2 saturated heterocycles. The van der Waals surface area contributed by atoms with Gasteiger partial charge >= 0.3 is 0 Å². The molecule has 7 heteroatoms. The summed E-state index contributed by atoms with van der Waals surface area (Å²) in [4.78, 5) is 43.8. The number of carbonyl (C=O) groups is 2. The molecule has 3 heterocycles. The molecule has 1 N–H and O–H groups in total. The lowest BCUT2D eigenvalue weighted by Gasteiger charge is -2.52. The maximum absolute atomic E-state index is 13.0. The third-order valence-corrected chi connectivity index (χ3v) is 6.49. The third-order valence-electron chi connectivity index (χ3n) is 6.26. The Balaban J connectivity index is 1.28. The lowest BCUT2D eigenvalue weighted by Crippen LogP contribution is -2.65. The summed E-state index contributed by atoms with van der Waals surface area (Å²) in [6, 6.07) is 15.9. The number of rotatable bonds is 2. The molecule has 1 aromatic heterocycles. The van der Waals surface area contributed by atoms with Gasteiger partial charge in [-0.15, -0.1) is 0 Å². The second kappa shape index (κ2) is 6.99. The number of β-lactam (4-membered cyclic amide) rings is 1. The smallest absolute Gasteiger partial charge is 0.253 e. The zero-order chi connectivity index (χ0) is 20.9. The van der Waals surface area contributed by atoms with Crippen LogP contribution in [0.25, 0.3) is 10.9 Å². The molecule has 0 bridgehead atoms. The first kappa shape index (κ1) is 18.9. The summed E-state index contributed by atoms with van der Waals surface area (Å²) >= 11 is 6.05. The molecule has 152 valence electrons. The van der Waals surface area contributed by atoms with E-state index < -0.39 is 0 Å². The van der Waals surface area contributed by atoms with E-state index in [-0.39, 0.29) is 22.8 Å². The van der Waals surface area contributed by atoms with Gasteiger partial charge in [0, 0.05) is 47.5 Å². The van der Waals surface area contributed by atoms with Crippen molar-refractivity contribution in [3.63, 3.8) is 0 Å². The van der Waals surface area contributed by atoms with E-state index in [1.807, 2.05) is 18.2 Å². The highest BCUT2D eigenvalue weighted by Crippen LogP contribution is 2.44. The Morgan fingerprint density at radius 3 is 2.50 bits per heavy atom. The number of nitrogens with one attached hydrogen (secondary N) is 1. The van der Waals surface area contributed by atoms with Crippen molar-refractivity contribution in [3.05, 3.63) is 75.5 Å². The fourth-order valence-corrected chi connectivity index (χ4v) is 4.65. The Bertz CT molecular complexity index is 1230. The molecular weight excluding hydrogens is 402 g/mol. The molecule has 5 rings (SSSR count). The predicted octanol–water partition coefficient (Wildman–Crippen LogP) is 3.45. The normalized spacial score (nSPS) is 18.0. The van der Waals surface area contributed by atoms with Crippen LogP contribution in [0, 0.1) is 5.41 Å². The van der Waals surface area contributed by atoms with Crippen LogP contribution in [0.2, 0.25) is 5.02 Å². The van der Waals surface area contributed by atoms with Crippen molar-refractivity contribution < 1.29 is 9.59 Å². The molecule has 30 heavy (non-hydrogen) atoms. The molecule has 2 aliphatic rings. The Labute approximate surface area is 178 Å². The number of hydrogen-bond acceptors (Lipinski definition) is 3. The van der Waals surface area contributed by atoms with Crippen LogP contribution in [0.3, 0.4) is 0 Å². The van der Waals surface area contributed by atoms with Crippen LogP contribution in [0.1, 0.15) is 23.2 Å². The largest absolute Gasteiger partial charge is 0.339 e. The lowest BCUT2D eigenvalue weighted by molar-refractivity contribution is -0.138. The number of hydrogen-bond donors (Lipinski definition) is 1. The quantitative estimate of drug-likeness (QED) is 0.644. The van der Waals surface area contributed by atoms with Gasteiger partial charge in [0.2, 0.25) is 11.5 Å². The highest BCUT2D eigenvalue weighted by Gasteiger charge is 2.53. The topological polar surface area (TPSA) is 73.5 Å². The van der Waals surface area contributed by atoms with Gasteiger partial charge in [-0.1, -0.05) is 23.7 Å². The minimum Gasteiger partial charge on any atom is -0.339 e. The van der Waals surface area contributed by atoms with Crippen molar-refractivity contribution in [1.29, 1.82) is 0 Å². The van der Waals surface area contributed by atoms with E-state index in [4.69, 9.17) is 11.6 Å². The fraction of sp³-hybridized carbons (Fsp3) is 0.261. The first-order valence-corrected chi connectivity index (χ1v) is 10.3. The molecule has 2 aliphatic heterocycles. The molecule has 0 unspecified atom stereocenters. The summed E-state index contributed by atoms with van der Waals surface area (Å²) in [6.07, 6.45) is 1.30. The van der Waals surface area contributed by atoms with Crippen LogP contribution in [0.15, 0.2) is 59.4 Å². The number of aromatic amines is 1. The van der Waals surface area contributed by atoms with Gasteiger partial charge in [0.25, 0.3) is 5.91 Å². The fourth-order valence-electron chi connectivity index (χ4n) is 4.46. The number of pyridine rings is 1. The van der Waals surface area contributed by atoms with Crippen LogP contribution in [0.5, 0.6) is 0 Å². The Morgan fingerprint density at radius 1 is 1.00 bits per heavy atom. The Hall–Kier alpha value is -3.12. The van der Waals surface area contributed by atoms with Crippen LogP contribution in [-0.2, 0) is 4.79 Å². The average Bonchev–Trinajstić information content (AvgIpc) is 2.76. The van der Waals surface area contributed by atoms with Crippen molar-refractivity contribution in [2.24, 2.45) is 5.41 Å². The van der Waals surface area contributed by atoms with Crippen LogP contribution >= 0.6 is 11.6 Å². The Morgan fingerprint density at radius 2 is 1.77 bits per heavy atom. The van der Waals surface area contributed by atoms with Crippen molar-refractivity contribution in [3.8, 4) is 0 Å². The molecule has 0 saturated carbocycles. The van der Waals surface area contributed by atoms with Gasteiger partial charge in [0.15, 0.2) is 0 Å². The lowest BCUT2D eigenvalue weighted by atomic mass is 9.70. The van der Waals surface area contributed by atoms with E-state index in [0.717, 1.165) is 11.1 Å². The standard InChI is InChI=1S/C23H20ClN3O3/c24-17-2-1-3-18(13-17)27-14-23(22(27)30)8-10-26(11-9-23)21(29)16-5-4-15-6-7-20(28)25-19(15)12-16/h1-7,12-13H,8-11,14H2,(H,25,28). The molecule has 2 aromatic carbocycles. The van der Waals surface area contributed by atoms with E-state index in [9.17, 15) is 14.4 Å². The Kier molecular flexibility index (Phi) is 4.40. The molecule has 6 nitrogen and oxygen atoms in total. The molecule has 3 aromatic rings. The summed E-state index contributed by atoms with van der Waals surface area (Å²) in [5.74, 6) is 0.0371. The summed E-state index contributed by atoms with van der Waals surface area (Å²) in [6.45, 7) is 1.74. The van der Waals surface area contributed by atoms with Crippen LogP contribution in [0.4, 0.5) is 5.69 Å². The predicted molar refractivity (Wildman–Crippen MR) is 116 cm³/mol. The number of likely N-dealkylation sites (tertiary alicyclic amines) is 1. The zero-order valence-corrected chi connectivity index (χ0v) is 17.0. The maximum Gasteiger partial charge on any atom is 0.253 e. The van der Waals surface area contributed by atoms with Crippen LogP contribution < -0.4 is 10.5 Å². The van der Waals surface area contributed by atoms with Crippen molar-refractivity contribution in [1.82, 2.24) is 9.88 Å². The summed E-state index contributed by atoms with van der Waals surface area (Å²) in [5, 5.41) is 1.49. The number of amides is 2. The number of H-pyrrole nitrogens is 1. The van der Waals surface area contributed by atoms with Gasteiger partial charge < -0.3 is 14.8 Å². The van der Waals surface area contributed by atoms with Gasteiger partial charge in [-0.3, -0.25) is 14.4 Å². The van der Waals surface area contributed by atoms with Crippen LogP contribution in [-0.4, -0.2) is 41.3 Å². The number of anilines is 1. The van der Waals surface area contributed by atoms with E-state index in [1.165, 1.54) is 6.07 Å². The van der Waals surface area contributed by atoms with E-state index in [0.29, 0.717) is 48.6 Å². The number of nitrogens with zero attached hydrogens (tertiary/aromatic N) is 2. The van der Waals surface area contributed by atoms with Gasteiger partial charge in [-0.25, -0.2) is 0 Å². The van der Waals surface area contributed by atoms with Gasteiger partial charge in [-0.05, 0) is 54.6 Å². The average molecular weight is 422 g/mol. The monoisotopic (exact) mass is 421 g/mol. The minimum atomic E-state index is -0.381. The van der Waals surface area contributed by atoms with E-state index in [2.05, 4.69) is 4.98 Å². The molecule has 0 atom stereocenters. The number of benzene rings is 2. The van der Waals surface area contributed by atoms with E-state index in [1.54, 1.807) is 40.1 Å². The van der Waals surface area contributed by atoms with Gasteiger partial charge in [0.05, 0.1) is 5.41 Å². The number of piperidine rings is 1. The summed E-state index contributed by atoms with van der Waals surface area (Å²) in [7, 11) is 0. The number of fused-ring (bicyclic) bond motifs is 1. The summed E-state index contributed by atoms with van der Waals surface area (Å²) < 4.78 is 0. The van der Waals surface area contributed by atoms with Gasteiger partial charge in [-0.2, -0.15) is 0 Å². The summed E-state index contributed by atoms with van der Waals surface area (Å²) in [5.41, 5.74) is 1.43. The minimum absolute atomic E-state index is 0.0741. The zero-order valence-electron chi connectivity index (χ0n) is 16.2. The van der Waals surface area contributed by atoms with Crippen molar-refractivity contribution in [2.45, 2.75) is 12.8 Å². The highest BCUT2D eigenvalue weighted by atomic mass is 35.5. The first-order valence-electron chi connectivity index (χ1n) is 9.95. The van der Waals surface area contributed by atoms with Crippen molar-refractivity contribution in [2.75, 3.05) is 24.5 Å². The molecule has 0 aliphatic carbocycles. The SMILES string of the molecule is O=C(c1ccc2ccc(=O)[nH]c2c1)N1CCC2(CC1)CN(c1cccc(Cl)c1)C2=O. The second-order valence-electron chi connectivity index (χ2n) is 8.07. The molecule has 1 spiro atoms. The first-order chi connectivity index (χ1) is 14.4. The number of carbonyl (C=O) groups excluding carboxylic acids is 2. The van der Waals surface area contributed by atoms with E-state index >= 15 is 0 Å². The molecular formula is C23H20ClN3O3. The molecule has 2 fully saturated rings. The van der Waals surface area contributed by atoms with Gasteiger partial charge in [0.1, 0.15) is 0 Å². The second-order valence-corrected chi connectivity index (χ2v) is 8.50. The maximum atomic E-state index is 13.0. The third kappa shape index (κ3) is 3.08. The number of halogens is 1. The number of aromatic nitrogens is 1. The molecule has 0 radical (unpaired) electrons. The molecule has 2 amide bonds. The van der Waals surface area contributed by atoms with Crippen molar-refractivity contribution >= 4 is 40.0 Å².